The fourth-order valence-corrected chi connectivity index (χ4v) is 4.04. The van der Waals surface area contributed by atoms with Crippen LogP contribution in [-0.2, 0) is 30.9 Å². The van der Waals surface area contributed by atoms with E-state index in [9.17, 15) is 0 Å². The van der Waals surface area contributed by atoms with Crippen LogP contribution in [0.4, 0.5) is 0 Å². The Morgan fingerprint density at radius 1 is 0.500 bits per heavy atom. The van der Waals surface area contributed by atoms with Gasteiger partial charge in [0.05, 0.1) is 11.4 Å². The van der Waals surface area contributed by atoms with E-state index in [1.165, 1.54) is 0 Å². The van der Waals surface area contributed by atoms with Crippen LogP contribution in [0, 0.1) is 13.8 Å². The van der Waals surface area contributed by atoms with Crippen molar-refractivity contribution in [3.63, 3.8) is 0 Å². The summed E-state index contributed by atoms with van der Waals surface area (Å²) in [4.78, 5) is 14.9. The first-order chi connectivity index (χ1) is 15.5. The van der Waals surface area contributed by atoms with Crippen LogP contribution in [0.25, 0.3) is 45.6 Å². The van der Waals surface area contributed by atoms with E-state index in [0.29, 0.717) is 0 Å². The predicted octanol–water partition coefficient (Wildman–Crippen LogP) is -3.16. The van der Waals surface area contributed by atoms with Crippen molar-refractivity contribution in [2.45, 2.75) is 13.8 Å². The molecule has 0 unspecified atom stereocenters. The third kappa shape index (κ3) is 5.69. The van der Waals surface area contributed by atoms with Gasteiger partial charge in [0, 0.05) is 36.6 Å². The predicted molar refractivity (Wildman–Crippen MR) is 129 cm³/mol. The minimum Gasteiger partial charge on any atom is -1.00 e. The maximum absolute atomic E-state index is 4.96. The van der Waals surface area contributed by atoms with Crippen LogP contribution in [0.3, 0.4) is 0 Å². The van der Waals surface area contributed by atoms with Gasteiger partial charge in [-0.2, -0.15) is 0 Å². The molecule has 0 aliphatic heterocycles. The van der Waals surface area contributed by atoms with Gasteiger partial charge in [-0.05, 0) is 26.0 Å². The standard InChI is InChI=1S/C27H25N5.3ClH.Co/c1-18-24(20-12-7-5-8-13-20)29-26(31(18)3)22-16-11-17-23(28-22)27-30-25(19(2)32(27)4)21-14-9-6-10-15-21;;;;/h5-17H,1-4H3;3*1H;/q;;;;+3/p-3. The number of imidazole rings is 2. The first kappa shape index (κ1) is 31.4. The third-order valence-corrected chi connectivity index (χ3v) is 6.06. The Hall–Kier alpha value is -2.61. The van der Waals surface area contributed by atoms with Gasteiger partial charge in [-0.1, -0.05) is 66.7 Å². The van der Waals surface area contributed by atoms with Gasteiger partial charge in [0.1, 0.15) is 11.4 Å². The fraction of sp³-hybridized carbons (Fsp3) is 0.148. The molecule has 0 atom stereocenters. The molecule has 9 heteroatoms. The first-order valence-electron chi connectivity index (χ1n) is 10.7. The minimum absolute atomic E-state index is 0. The Morgan fingerprint density at radius 2 is 0.861 bits per heavy atom. The Kier molecular flexibility index (Phi) is 11.4. The molecule has 5 aromatic rings. The maximum Gasteiger partial charge on any atom is 3.00 e. The minimum atomic E-state index is 0. The average Bonchev–Trinajstić information content (AvgIpc) is 3.31. The fourth-order valence-electron chi connectivity index (χ4n) is 4.04. The molecule has 0 saturated heterocycles. The zero-order chi connectivity index (χ0) is 22.2. The van der Waals surface area contributed by atoms with Gasteiger partial charge in [0.15, 0.2) is 11.6 Å². The molecule has 0 aliphatic carbocycles. The van der Waals surface area contributed by atoms with E-state index >= 15 is 0 Å². The topological polar surface area (TPSA) is 48.5 Å². The monoisotopic (exact) mass is 583 g/mol. The molecule has 0 amide bonds. The summed E-state index contributed by atoms with van der Waals surface area (Å²) in [6.45, 7) is 4.19. The molecule has 36 heavy (non-hydrogen) atoms. The van der Waals surface area contributed by atoms with Crippen molar-refractivity contribution >= 4 is 0 Å². The second kappa shape index (κ2) is 13.1. The van der Waals surface area contributed by atoms with Crippen molar-refractivity contribution in [3.05, 3.63) is 90.3 Å². The molecular formula is C27H25Cl3CoN5. The molecule has 2 aromatic carbocycles. The number of nitrogens with zero attached hydrogens (tertiary/aromatic N) is 5. The SMILES string of the molecule is Cc1c(-c2ccccc2)nc(-c2cccc(-c3nc(-c4ccccc4)c(C)n3C)n2)n1C.[Cl-].[Cl-].[Cl-].[Co+3]. The first-order valence-corrected chi connectivity index (χ1v) is 10.7. The molecule has 3 heterocycles. The second-order valence-electron chi connectivity index (χ2n) is 8.00. The van der Waals surface area contributed by atoms with E-state index in [4.69, 9.17) is 15.0 Å². The van der Waals surface area contributed by atoms with Crippen LogP contribution in [0.1, 0.15) is 11.4 Å². The van der Waals surface area contributed by atoms with Gasteiger partial charge < -0.3 is 46.4 Å². The number of hydrogen-bond donors (Lipinski definition) is 0. The molecule has 0 radical (unpaired) electrons. The van der Waals surface area contributed by atoms with Crippen molar-refractivity contribution in [1.29, 1.82) is 0 Å². The molecule has 0 bridgehead atoms. The van der Waals surface area contributed by atoms with Gasteiger partial charge in [-0.25, -0.2) is 15.0 Å². The van der Waals surface area contributed by atoms with Crippen LogP contribution >= 0.6 is 0 Å². The molecule has 0 aliphatic rings. The van der Waals surface area contributed by atoms with E-state index in [0.717, 1.165) is 56.9 Å². The van der Waals surface area contributed by atoms with Crippen LogP contribution < -0.4 is 37.2 Å². The molecule has 0 fully saturated rings. The van der Waals surface area contributed by atoms with Crippen LogP contribution in [-0.4, -0.2) is 24.1 Å². The molecule has 3 aromatic heterocycles. The number of rotatable bonds is 4. The third-order valence-electron chi connectivity index (χ3n) is 6.06. The number of benzene rings is 2. The Bertz CT molecular complexity index is 1310. The van der Waals surface area contributed by atoms with Crippen molar-refractivity contribution < 1.29 is 54.0 Å². The molecule has 188 valence electrons. The Balaban J connectivity index is 0.00000162. The Morgan fingerprint density at radius 3 is 1.22 bits per heavy atom. The molecule has 0 N–H and O–H groups in total. The van der Waals surface area contributed by atoms with E-state index < -0.39 is 0 Å². The van der Waals surface area contributed by atoms with Gasteiger partial charge in [0.25, 0.3) is 0 Å². The normalized spacial score (nSPS) is 9.89. The van der Waals surface area contributed by atoms with Gasteiger partial charge >= 0.3 is 16.8 Å². The Labute approximate surface area is 240 Å². The van der Waals surface area contributed by atoms with E-state index in [-0.39, 0.29) is 54.0 Å². The summed E-state index contributed by atoms with van der Waals surface area (Å²) in [5, 5.41) is 0. The maximum atomic E-state index is 4.96. The summed E-state index contributed by atoms with van der Waals surface area (Å²) in [5.41, 5.74) is 8.05. The van der Waals surface area contributed by atoms with E-state index in [2.05, 4.69) is 47.2 Å². The quantitative estimate of drug-likeness (QED) is 0.224. The van der Waals surface area contributed by atoms with Gasteiger partial charge in [-0.15, -0.1) is 0 Å². The molecular weight excluding hydrogens is 560 g/mol. The van der Waals surface area contributed by atoms with Crippen LogP contribution in [0.15, 0.2) is 78.9 Å². The summed E-state index contributed by atoms with van der Waals surface area (Å²) in [7, 11) is 4.08. The van der Waals surface area contributed by atoms with E-state index in [1.54, 1.807) is 0 Å². The van der Waals surface area contributed by atoms with Crippen molar-refractivity contribution in [2.75, 3.05) is 0 Å². The summed E-state index contributed by atoms with van der Waals surface area (Å²) < 4.78 is 4.21. The number of aromatic nitrogens is 5. The van der Waals surface area contributed by atoms with Crippen molar-refractivity contribution in [1.82, 2.24) is 24.1 Å². The summed E-state index contributed by atoms with van der Waals surface area (Å²) >= 11 is 0. The summed E-state index contributed by atoms with van der Waals surface area (Å²) in [6.07, 6.45) is 0. The molecule has 0 saturated carbocycles. The zero-order valence-corrected chi connectivity index (χ0v) is 23.5. The van der Waals surface area contributed by atoms with Crippen molar-refractivity contribution in [2.24, 2.45) is 14.1 Å². The van der Waals surface area contributed by atoms with Gasteiger partial charge in [-0.3, -0.25) is 0 Å². The zero-order valence-electron chi connectivity index (χ0n) is 20.2. The second-order valence-corrected chi connectivity index (χ2v) is 8.00. The summed E-state index contributed by atoms with van der Waals surface area (Å²) in [6, 6.07) is 26.6. The molecule has 0 spiro atoms. The number of pyridine rings is 1. The van der Waals surface area contributed by atoms with E-state index in [1.807, 2.05) is 68.7 Å². The van der Waals surface area contributed by atoms with Crippen LogP contribution in [0.5, 0.6) is 0 Å². The van der Waals surface area contributed by atoms with Crippen molar-refractivity contribution in [3.8, 4) is 45.6 Å². The molecule has 5 rings (SSSR count). The molecule has 5 nitrogen and oxygen atoms in total. The largest absolute Gasteiger partial charge is 3.00 e. The number of halogens is 3. The number of hydrogen-bond acceptors (Lipinski definition) is 3. The van der Waals surface area contributed by atoms with Gasteiger partial charge in [0.2, 0.25) is 0 Å². The summed E-state index contributed by atoms with van der Waals surface area (Å²) in [5.74, 6) is 1.69. The average molecular weight is 585 g/mol. The van der Waals surface area contributed by atoms with Crippen LogP contribution in [0.2, 0.25) is 0 Å². The smallest absolute Gasteiger partial charge is 1.00 e.